The summed E-state index contributed by atoms with van der Waals surface area (Å²) < 4.78 is 37.7. The second kappa shape index (κ2) is 12.0. The molecule has 0 aromatic heterocycles. The van der Waals surface area contributed by atoms with E-state index in [4.69, 9.17) is 8.92 Å². The van der Waals surface area contributed by atoms with E-state index in [1.165, 1.54) is 0 Å². The summed E-state index contributed by atoms with van der Waals surface area (Å²) in [6.45, 7) is 1.98. The van der Waals surface area contributed by atoms with Crippen LogP contribution in [0.25, 0.3) is 0 Å². The Bertz CT molecular complexity index is 927. The maximum absolute atomic E-state index is 13.4. The number of hydrogen-bond acceptors (Lipinski definition) is 5. The third kappa shape index (κ3) is 7.35. The molecular weight excluding hydrogens is 426 g/mol. The van der Waals surface area contributed by atoms with Crippen LogP contribution in [-0.2, 0) is 32.1 Å². The van der Waals surface area contributed by atoms with E-state index in [1.807, 2.05) is 67.6 Å². The lowest BCUT2D eigenvalue weighted by atomic mass is 9.98. The summed E-state index contributed by atoms with van der Waals surface area (Å²) in [5, 5.41) is 1.88. The number of amides is 1. The van der Waals surface area contributed by atoms with Crippen molar-refractivity contribution < 1.29 is 22.1 Å². The highest BCUT2D eigenvalue weighted by molar-refractivity contribution is 7.87. The van der Waals surface area contributed by atoms with Crippen LogP contribution in [0.2, 0.25) is 0 Å². The molecule has 3 rings (SSSR count). The molecule has 0 bridgehead atoms. The monoisotopic (exact) mass is 459 g/mol. The fourth-order valence-electron chi connectivity index (χ4n) is 4.09. The van der Waals surface area contributed by atoms with Gasteiger partial charge < -0.3 is 10.1 Å². The summed E-state index contributed by atoms with van der Waals surface area (Å²) in [5.41, 5.74) is 1.75. The van der Waals surface area contributed by atoms with Crippen molar-refractivity contribution in [1.82, 2.24) is 5.32 Å². The van der Waals surface area contributed by atoms with Gasteiger partial charge in [0, 0.05) is 0 Å². The first kappa shape index (κ1) is 24.3. The molecule has 0 unspecified atom stereocenters. The van der Waals surface area contributed by atoms with E-state index in [2.05, 4.69) is 5.32 Å². The highest BCUT2D eigenvalue weighted by atomic mass is 32.2. The molecule has 6 nitrogen and oxygen atoms in total. The Hall–Kier alpha value is -2.38. The third-order valence-corrected chi connectivity index (χ3v) is 7.65. The molecule has 1 amide bonds. The van der Waals surface area contributed by atoms with Gasteiger partial charge in [-0.3, -0.25) is 4.18 Å². The molecule has 2 aromatic carbocycles. The van der Waals surface area contributed by atoms with E-state index in [9.17, 15) is 13.2 Å². The molecule has 32 heavy (non-hydrogen) atoms. The van der Waals surface area contributed by atoms with E-state index >= 15 is 0 Å². The Kier molecular flexibility index (Phi) is 9.11. The topological polar surface area (TPSA) is 81.7 Å². The van der Waals surface area contributed by atoms with Crippen LogP contribution in [-0.4, -0.2) is 31.9 Å². The molecule has 1 aliphatic carbocycles. The summed E-state index contributed by atoms with van der Waals surface area (Å²) in [6.07, 6.45) is 4.34. The Morgan fingerprint density at radius 2 is 1.56 bits per heavy atom. The minimum Gasteiger partial charge on any atom is -0.445 e. The molecule has 0 spiro atoms. The first-order valence-electron chi connectivity index (χ1n) is 11.4. The molecule has 1 saturated carbocycles. The predicted octanol–water partition coefficient (Wildman–Crippen LogP) is 4.98. The average molecular weight is 460 g/mol. The lowest BCUT2D eigenvalue weighted by molar-refractivity contribution is 0.133. The first-order valence-corrected chi connectivity index (χ1v) is 12.9. The van der Waals surface area contributed by atoms with Gasteiger partial charge in [-0.05, 0) is 36.8 Å². The first-order chi connectivity index (χ1) is 15.5. The van der Waals surface area contributed by atoms with Crippen molar-refractivity contribution in [3.63, 3.8) is 0 Å². The maximum Gasteiger partial charge on any atom is 0.407 e. The number of carbonyl (C=O) groups excluding carboxylic acids is 1. The number of carbonyl (C=O) groups is 1. The van der Waals surface area contributed by atoms with Crippen molar-refractivity contribution >= 4 is 16.2 Å². The van der Waals surface area contributed by atoms with Gasteiger partial charge in [0.05, 0.1) is 12.1 Å². The van der Waals surface area contributed by atoms with Gasteiger partial charge in [-0.2, -0.15) is 8.42 Å². The lowest BCUT2D eigenvalue weighted by Crippen LogP contribution is -2.48. The van der Waals surface area contributed by atoms with Gasteiger partial charge >= 0.3 is 6.09 Å². The molecule has 2 aromatic rings. The highest BCUT2D eigenvalue weighted by Gasteiger charge is 2.37. The lowest BCUT2D eigenvalue weighted by Gasteiger charge is -2.29. The number of hydrogen-bond donors (Lipinski definition) is 1. The van der Waals surface area contributed by atoms with Crippen molar-refractivity contribution in [3.8, 4) is 0 Å². The van der Waals surface area contributed by atoms with E-state index in [0.29, 0.717) is 6.42 Å². The predicted molar refractivity (Wildman–Crippen MR) is 125 cm³/mol. The van der Waals surface area contributed by atoms with E-state index in [-0.39, 0.29) is 19.1 Å². The van der Waals surface area contributed by atoms with E-state index < -0.39 is 27.5 Å². The average Bonchev–Trinajstić information content (AvgIpc) is 2.81. The quantitative estimate of drug-likeness (QED) is 0.507. The summed E-state index contributed by atoms with van der Waals surface area (Å²) in [4.78, 5) is 12.5. The van der Waals surface area contributed by atoms with Gasteiger partial charge in [0.15, 0.2) is 0 Å². The minimum absolute atomic E-state index is 0.123. The third-order valence-electron chi connectivity index (χ3n) is 5.88. The molecule has 2 atom stereocenters. The molecule has 1 N–H and O–H groups in total. The summed E-state index contributed by atoms with van der Waals surface area (Å²) in [5.74, 6) is 0. The fraction of sp³-hybridized carbons (Fsp3) is 0.480. The molecule has 1 aliphatic rings. The van der Waals surface area contributed by atoms with Crippen molar-refractivity contribution in [2.24, 2.45) is 0 Å². The van der Waals surface area contributed by atoms with Crippen LogP contribution in [0.5, 0.6) is 0 Å². The zero-order chi connectivity index (χ0) is 22.8. The summed E-state index contributed by atoms with van der Waals surface area (Å²) in [7, 11) is -3.91. The Labute approximate surface area is 191 Å². The number of rotatable bonds is 10. The van der Waals surface area contributed by atoms with E-state index in [0.717, 1.165) is 43.2 Å². The largest absolute Gasteiger partial charge is 0.445 e. The molecule has 0 heterocycles. The smallest absolute Gasteiger partial charge is 0.407 e. The van der Waals surface area contributed by atoms with Crippen molar-refractivity contribution in [1.29, 1.82) is 0 Å². The van der Waals surface area contributed by atoms with Gasteiger partial charge in [-0.15, -0.1) is 0 Å². The Balaban J connectivity index is 1.72. The SMILES string of the molecule is CC[C@@H](NC(=O)OCc1ccccc1)[C@@H](Cc1ccccc1)S(=O)(=O)OC1CCCCC1. The summed E-state index contributed by atoms with van der Waals surface area (Å²) >= 11 is 0. The van der Waals surface area contributed by atoms with Gasteiger partial charge in [0.25, 0.3) is 10.1 Å². The van der Waals surface area contributed by atoms with E-state index in [1.54, 1.807) is 0 Å². The van der Waals surface area contributed by atoms with Crippen LogP contribution in [0, 0.1) is 0 Å². The van der Waals surface area contributed by atoms with Crippen LogP contribution < -0.4 is 5.32 Å². The molecule has 7 heteroatoms. The minimum atomic E-state index is -3.91. The highest BCUT2D eigenvalue weighted by Crippen LogP contribution is 2.26. The Morgan fingerprint density at radius 1 is 0.969 bits per heavy atom. The zero-order valence-electron chi connectivity index (χ0n) is 18.6. The zero-order valence-corrected chi connectivity index (χ0v) is 19.4. The normalized spacial score (nSPS) is 16.8. The molecular formula is C25H33NO5S. The van der Waals surface area contributed by atoms with Crippen LogP contribution in [0.4, 0.5) is 4.79 Å². The Morgan fingerprint density at radius 3 is 2.16 bits per heavy atom. The van der Waals surface area contributed by atoms with Crippen LogP contribution in [0.1, 0.15) is 56.6 Å². The molecule has 0 aliphatic heterocycles. The van der Waals surface area contributed by atoms with Gasteiger partial charge in [-0.1, -0.05) is 86.8 Å². The second-order valence-corrected chi connectivity index (χ2v) is 10.1. The van der Waals surface area contributed by atoms with Crippen LogP contribution in [0.15, 0.2) is 60.7 Å². The second-order valence-electron chi connectivity index (χ2n) is 8.30. The van der Waals surface area contributed by atoms with Crippen molar-refractivity contribution in [2.45, 2.75) is 75.9 Å². The molecule has 174 valence electrons. The number of benzene rings is 2. The van der Waals surface area contributed by atoms with Gasteiger partial charge in [0.1, 0.15) is 11.9 Å². The maximum atomic E-state index is 13.4. The van der Waals surface area contributed by atoms with Gasteiger partial charge in [0.2, 0.25) is 0 Å². The van der Waals surface area contributed by atoms with Crippen molar-refractivity contribution in [3.05, 3.63) is 71.8 Å². The number of alkyl carbamates (subject to hydrolysis) is 1. The van der Waals surface area contributed by atoms with Crippen LogP contribution >= 0.6 is 0 Å². The molecule has 0 saturated heterocycles. The molecule has 1 fully saturated rings. The van der Waals surface area contributed by atoms with Crippen molar-refractivity contribution in [2.75, 3.05) is 0 Å². The van der Waals surface area contributed by atoms with Crippen LogP contribution in [0.3, 0.4) is 0 Å². The standard InChI is InChI=1S/C25H33NO5S/c1-2-23(26-25(27)30-19-21-14-8-4-9-15-21)24(18-20-12-6-3-7-13-20)32(28,29)31-22-16-10-5-11-17-22/h3-4,6-9,12-15,22-24H,2,5,10-11,16-19H2,1H3,(H,26,27)/t23-,24-/m1/s1. The van der Waals surface area contributed by atoms with Gasteiger partial charge in [-0.25, -0.2) is 4.79 Å². The number of ether oxygens (including phenoxy) is 1. The number of nitrogens with one attached hydrogen (secondary N) is 1. The summed E-state index contributed by atoms with van der Waals surface area (Å²) in [6, 6.07) is 18.2. The molecule has 0 radical (unpaired) electrons. The fourth-order valence-corrected chi connectivity index (χ4v) is 5.86.